The van der Waals surface area contributed by atoms with Crippen LogP contribution in [-0.2, 0) is 0 Å². The van der Waals surface area contributed by atoms with Crippen molar-refractivity contribution in [1.29, 1.82) is 0 Å². The van der Waals surface area contributed by atoms with Crippen LogP contribution in [0.3, 0.4) is 0 Å². The predicted molar refractivity (Wildman–Crippen MR) is 119 cm³/mol. The maximum absolute atomic E-state index is 10.7. The zero-order chi connectivity index (χ0) is 20.2. The molecule has 0 saturated carbocycles. The van der Waals surface area contributed by atoms with Crippen LogP contribution in [0.5, 0.6) is 0 Å². The first-order chi connectivity index (χ1) is 13.7. The lowest BCUT2D eigenvalue weighted by molar-refractivity contribution is 0.413. The summed E-state index contributed by atoms with van der Waals surface area (Å²) < 4.78 is 0. The van der Waals surface area contributed by atoms with E-state index in [9.17, 15) is 5.11 Å². The van der Waals surface area contributed by atoms with Crippen molar-refractivity contribution in [2.45, 2.75) is 91.4 Å². The Morgan fingerprint density at radius 1 is 0.893 bits per heavy atom. The van der Waals surface area contributed by atoms with E-state index < -0.39 is 0 Å². The zero-order valence-electron chi connectivity index (χ0n) is 18.0. The lowest BCUT2D eigenvalue weighted by Gasteiger charge is -2.10. The van der Waals surface area contributed by atoms with Gasteiger partial charge in [-0.2, -0.15) is 4.80 Å². The number of hydrogen-bond donors (Lipinski definition) is 1. The largest absolute Gasteiger partial charge is 0.506 e. The molecule has 2 aromatic rings. The standard InChI is InChI=1S/C24H37N3O/c1-4-6-7-8-9-10-11-12-13-14-17-21(5-2)24(28)20(3)27-25-22-18-15-16-19-23(22)26-27/h5,15-16,18-19,28H,4,6-14,17H2,1-3H3/b21-5-,24-20-. The Bertz CT molecular complexity index is 740. The second-order valence-electron chi connectivity index (χ2n) is 7.66. The summed E-state index contributed by atoms with van der Waals surface area (Å²) in [6, 6.07) is 7.76. The molecule has 0 bridgehead atoms. The summed E-state index contributed by atoms with van der Waals surface area (Å²) in [6.07, 6.45) is 16.1. The van der Waals surface area contributed by atoms with E-state index in [0.717, 1.165) is 29.4 Å². The highest BCUT2D eigenvalue weighted by Crippen LogP contribution is 2.22. The summed E-state index contributed by atoms with van der Waals surface area (Å²) >= 11 is 0. The van der Waals surface area contributed by atoms with Gasteiger partial charge in [0.25, 0.3) is 0 Å². The molecule has 0 spiro atoms. The van der Waals surface area contributed by atoms with Crippen LogP contribution in [0.4, 0.5) is 0 Å². The normalized spacial score (nSPS) is 13.2. The molecule has 2 rings (SSSR count). The monoisotopic (exact) mass is 383 g/mol. The first-order valence-electron chi connectivity index (χ1n) is 11.0. The van der Waals surface area contributed by atoms with Gasteiger partial charge in [-0.25, -0.2) is 0 Å². The van der Waals surface area contributed by atoms with Crippen LogP contribution in [0.15, 0.2) is 41.7 Å². The molecular weight excluding hydrogens is 346 g/mol. The number of aliphatic hydroxyl groups excluding tert-OH is 1. The molecule has 0 amide bonds. The van der Waals surface area contributed by atoms with Gasteiger partial charge >= 0.3 is 0 Å². The number of rotatable bonds is 13. The molecule has 1 heterocycles. The molecule has 0 fully saturated rings. The van der Waals surface area contributed by atoms with Gasteiger partial charge in [-0.15, -0.1) is 10.2 Å². The van der Waals surface area contributed by atoms with Crippen molar-refractivity contribution in [2.75, 3.05) is 0 Å². The summed E-state index contributed by atoms with van der Waals surface area (Å²) in [5.41, 5.74) is 3.34. The summed E-state index contributed by atoms with van der Waals surface area (Å²) in [5.74, 6) is 0.304. The molecule has 0 saturated heterocycles. The third-order valence-electron chi connectivity index (χ3n) is 5.38. The fourth-order valence-electron chi connectivity index (χ4n) is 3.54. The van der Waals surface area contributed by atoms with E-state index in [1.807, 2.05) is 44.2 Å². The minimum Gasteiger partial charge on any atom is -0.506 e. The average molecular weight is 384 g/mol. The molecule has 0 atom stereocenters. The molecule has 0 radical (unpaired) electrons. The Morgan fingerprint density at radius 2 is 1.39 bits per heavy atom. The first-order valence-corrected chi connectivity index (χ1v) is 11.0. The molecule has 28 heavy (non-hydrogen) atoms. The van der Waals surface area contributed by atoms with E-state index in [-0.39, 0.29) is 0 Å². The second kappa shape index (κ2) is 12.4. The van der Waals surface area contributed by atoms with Crippen molar-refractivity contribution < 1.29 is 5.11 Å². The van der Waals surface area contributed by atoms with E-state index in [0.29, 0.717) is 11.5 Å². The van der Waals surface area contributed by atoms with Gasteiger partial charge in [0.1, 0.15) is 22.5 Å². The van der Waals surface area contributed by atoms with Crippen molar-refractivity contribution in [3.63, 3.8) is 0 Å². The molecule has 4 nitrogen and oxygen atoms in total. The van der Waals surface area contributed by atoms with Crippen LogP contribution in [0.25, 0.3) is 16.7 Å². The van der Waals surface area contributed by atoms with Crippen molar-refractivity contribution in [1.82, 2.24) is 15.0 Å². The van der Waals surface area contributed by atoms with Gasteiger partial charge in [0, 0.05) is 0 Å². The summed E-state index contributed by atoms with van der Waals surface area (Å²) in [6.45, 7) is 6.12. The van der Waals surface area contributed by atoms with Crippen LogP contribution in [0, 0.1) is 0 Å². The van der Waals surface area contributed by atoms with Gasteiger partial charge < -0.3 is 5.11 Å². The minimum atomic E-state index is 0.304. The van der Waals surface area contributed by atoms with E-state index in [1.54, 1.807) is 4.80 Å². The Kier molecular flexibility index (Phi) is 9.81. The number of unbranched alkanes of at least 4 members (excludes halogenated alkanes) is 9. The lowest BCUT2D eigenvalue weighted by atomic mass is 10.0. The van der Waals surface area contributed by atoms with Gasteiger partial charge in [0.2, 0.25) is 0 Å². The number of fused-ring (bicyclic) bond motifs is 1. The minimum absolute atomic E-state index is 0.304. The predicted octanol–water partition coefficient (Wildman–Crippen LogP) is 7.44. The summed E-state index contributed by atoms with van der Waals surface area (Å²) in [5, 5.41) is 19.6. The topological polar surface area (TPSA) is 50.9 Å². The third-order valence-corrected chi connectivity index (χ3v) is 5.38. The first kappa shape index (κ1) is 22.2. The van der Waals surface area contributed by atoms with Gasteiger partial charge in [0.15, 0.2) is 0 Å². The van der Waals surface area contributed by atoms with Crippen LogP contribution in [0.1, 0.15) is 91.4 Å². The smallest absolute Gasteiger partial charge is 0.141 e. The lowest BCUT2D eigenvalue weighted by Crippen LogP contribution is -2.04. The molecule has 0 unspecified atom stereocenters. The molecule has 0 aliphatic rings. The maximum atomic E-state index is 10.7. The number of hydrogen-bond acceptors (Lipinski definition) is 3. The van der Waals surface area contributed by atoms with Crippen molar-refractivity contribution in [3.05, 3.63) is 41.7 Å². The molecule has 4 heteroatoms. The van der Waals surface area contributed by atoms with Crippen LogP contribution in [-0.4, -0.2) is 20.1 Å². The van der Waals surface area contributed by atoms with E-state index >= 15 is 0 Å². The van der Waals surface area contributed by atoms with Crippen molar-refractivity contribution >= 4 is 16.7 Å². The summed E-state index contributed by atoms with van der Waals surface area (Å²) in [4.78, 5) is 1.54. The SMILES string of the molecule is C/C=C(CCCCCCCCCCCC)\C(O)=C(/C)n1nc2ccccc2n1. The fraction of sp³-hybridized carbons (Fsp3) is 0.583. The highest BCUT2D eigenvalue weighted by Gasteiger charge is 2.11. The van der Waals surface area contributed by atoms with E-state index in [2.05, 4.69) is 17.1 Å². The molecule has 1 aromatic heterocycles. The maximum Gasteiger partial charge on any atom is 0.141 e. The summed E-state index contributed by atoms with van der Waals surface area (Å²) in [7, 11) is 0. The molecular formula is C24H37N3O. The number of nitrogens with zero attached hydrogens (tertiary/aromatic N) is 3. The molecule has 1 N–H and O–H groups in total. The van der Waals surface area contributed by atoms with Gasteiger partial charge in [0.05, 0.1) is 0 Å². The Balaban J connectivity index is 1.76. The van der Waals surface area contributed by atoms with Gasteiger partial charge in [-0.05, 0) is 44.4 Å². The number of benzene rings is 1. The van der Waals surface area contributed by atoms with E-state index in [4.69, 9.17) is 0 Å². The number of allylic oxidation sites excluding steroid dienone is 3. The zero-order valence-corrected chi connectivity index (χ0v) is 18.0. The fourth-order valence-corrected chi connectivity index (χ4v) is 3.54. The highest BCUT2D eigenvalue weighted by molar-refractivity contribution is 5.74. The quantitative estimate of drug-likeness (QED) is 0.222. The van der Waals surface area contributed by atoms with Crippen molar-refractivity contribution in [3.8, 4) is 0 Å². The molecule has 154 valence electrons. The average Bonchev–Trinajstić information content (AvgIpc) is 3.15. The molecule has 0 aliphatic heterocycles. The number of aromatic nitrogens is 3. The Labute approximate surface area is 170 Å². The number of aliphatic hydroxyl groups is 1. The van der Waals surface area contributed by atoms with Crippen molar-refractivity contribution in [2.24, 2.45) is 0 Å². The van der Waals surface area contributed by atoms with Crippen LogP contribution >= 0.6 is 0 Å². The van der Waals surface area contributed by atoms with Gasteiger partial charge in [-0.1, -0.05) is 82.9 Å². The van der Waals surface area contributed by atoms with Crippen LogP contribution in [0.2, 0.25) is 0 Å². The van der Waals surface area contributed by atoms with Gasteiger partial charge in [-0.3, -0.25) is 0 Å². The molecule has 0 aliphatic carbocycles. The third kappa shape index (κ3) is 6.81. The van der Waals surface area contributed by atoms with E-state index in [1.165, 1.54) is 57.8 Å². The molecule has 1 aromatic carbocycles. The second-order valence-corrected chi connectivity index (χ2v) is 7.66. The Morgan fingerprint density at radius 3 is 1.89 bits per heavy atom. The highest BCUT2D eigenvalue weighted by atomic mass is 16.3. The van der Waals surface area contributed by atoms with Crippen LogP contribution < -0.4 is 0 Å². The Hall–Kier alpha value is -2.10.